The van der Waals surface area contributed by atoms with Crippen molar-refractivity contribution >= 4 is 26.5 Å². The van der Waals surface area contributed by atoms with Gasteiger partial charge in [0.05, 0.1) is 4.90 Å². The molecule has 0 spiro atoms. The summed E-state index contributed by atoms with van der Waals surface area (Å²) in [5.41, 5.74) is 1.05. The number of nitrogens with zero attached hydrogens (tertiary/aromatic N) is 2. The largest absolute Gasteiger partial charge is 0.377 e. The summed E-state index contributed by atoms with van der Waals surface area (Å²) in [6.45, 7) is 5.68. The van der Waals surface area contributed by atoms with E-state index in [9.17, 15) is 8.42 Å². The second-order valence-electron chi connectivity index (χ2n) is 10.2. The quantitative estimate of drug-likeness (QED) is 0.181. The number of benzene rings is 2. The number of sulfonamides is 1. The molecule has 0 aliphatic rings. The Labute approximate surface area is 216 Å². The first-order valence-electron chi connectivity index (χ1n) is 14.1. The number of hydrogen-bond acceptors (Lipinski definition) is 3. The van der Waals surface area contributed by atoms with E-state index in [1.54, 1.807) is 10.4 Å². The van der Waals surface area contributed by atoms with Gasteiger partial charge >= 0.3 is 0 Å². The van der Waals surface area contributed by atoms with Gasteiger partial charge in [0.2, 0.25) is 10.0 Å². The highest BCUT2D eigenvalue weighted by Gasteiger charge is 2.26. The minimum atomic E-state index is -3.55. The van der Waals surface area contributed by atoms with Crippen LogP contribution in [0, 0.1) is 0 Å². The van der Waals surface area contributed by atoms with Gasteiger partial charge in [-0.3, -0.25) is 0 Å². The molecule has 0 saturated carbocycles. The zero-order valence-corrected chi connectivity index (χ0v) is 23.7. The lowest BCUT2D eigenvalue weighted by Gasteiger charge is -2.24. The Morgan fingerprint density at radius 2 is 1.06 bits per heavy atom. The normalized spacial score (nSPS) is 12.0. The highest BCUT2D eigenvalue weighted by molar-refractivity contribution is 7.89. The van der Waals surface area contributed by atoms with E-state index in [1.807, 2.05) is 49.3 Å². The number of fused-ring (bicyclic) bond motifs is 1. The summed E-state index contributed by atoms with van der Waals surface area (Å²) in [5.74, 6) is 0. The predicted octanol–water partition coefficient (Wildman–Crippen LogP) is 8.40. The monoisotopic (exact) mass is 502 g/mol. The molecule has 0 aliphatic heterocycles. The van der Waals surface area contributed by atoms with Gasteiger partial charge < -0.3 is 4.90 Å². The highest BCUT2D eigenvalue weighted by Crippen LogP contribution is 2.32. The molecule has 0 amide bonds. The second-order valence-corrected chi connectivity index (χ2v) is 12.1. The van der Waals surface area contributed by atoms with Crippen molar-refractivity contribution in [3.05, 3.63) is 36.4 Å². The van der Waals surface area contributed by atoms with Crippen molar-refractivity contribution in [3.63, 3.8) is 0 Å². The number of unbranched alkanes of at least 4 members (excludes halogenated alkanes) is 12. The number of hydrogen-bond donors (Lipinski definition) is 0. The van der Waals surface area contributed by atoms with Crippen LogP contribution >= 0.6 is 0 Å². The van der Waals surface area contributed by atoms with Crippen LogP contribution in [0.5, 0.6) is 0 Å². The van der Waals surface area contributed by atoms with E-state index >= 15 is 0 Å². The Kier molecular flexibility index (Phi) is 13.7. The Morgan fingerprint density at radius 1 is 0.600 bits per heavy atom. The van der Waals surface area contributed by atoms with E-state index < -0.39 is 10.0 Å². The van der Waals surface area contributed by atoms with Crippen molar-refractivity contribution in [3.8, 4) is 0 Å². The molecule has 198 valence electrons. The van der Waals surface area contributed by atoms with Crippen LogP contribution in [0.15, 0.2) is 41.3 Å². The molecule has 35 heavy (non-hydrogen) atoms. The maximum atomic E-state index is 13.9. The third-order valence-corrected chi connectivity index (χ3v) is 8.94. The molecule has 0 N–H and O–H groups in total. The van der Waals surface area contributed by atoms with Crippen LogP contribution in [0.2, 0.25) is 0 Å². The number of anilines is 1. The van der Waals surface area contributed by atoms with Crippen LogP contribution in [-0.4, -0.2) is 39.9 Å². The van der Waals surface area contributed by atoms with E-state index in [4.69, 9.17) is 0 Å². The molecule has 0 heterocycles. The van der Waals surface area contributed by atoms with Gasteiger partial charge in [-0.1, -0.05) is 115 Å². The van der Waals surface area contributed by atoms with Crippen LogP contribution < -0.4 is 4.90 Å². The SMILES string of the molecule is CCCCCCCCCCCCN(CCCCCC)S(=O)(=O)c1cccc2c(N(C)C)cccc12. The summed E-state index contributed by atoms with van der Waals surface area (Å²) in [7, 11) is 0.450. The lowest BCUT2D eigenvalue weighted by molar-refractivity contribution is 0.384. The van der Waals surface area contributed by atoms with E-state index in [-0.39, 0.29) is 0 Å². The van der Waals surface area contributed by atoms with Crippen molar-refractivity contribution in [1.82, 2.24) is 4.31 Å². The summed E-state index contributed by atoms with van der Waals surface area (Å²) < 4.78 is 29.6. The first-order valence-corrected chi connectivity index (χ1v) is 15.6. The molecule has 0 radical (unpaired) electrons. The first-order chi connectivity index (χ1) is 16.9. The average Bonchev–Trinajstić information content (AvgIpc) is 2.85. The molecule has 0 bridgehead atoms. The van der Waals surface area contributed by atoms with Crippen LogP contribution in [0.1, 0.15) is 104 Å². The van der Waals surface area contributed by atoms with Gasteiger partial charge in [0, 0.05) is 43.6 Å². The Morgan fingerprint density at radius 3 is 1.60 bits per heavy atom. The van der Waals surface area contributed by atoms with Crippen molar-refractivity contribution in [2.75, 3.05) is 32.1 Å². The Balaban J connectivity index is 2.06. The molecule has 5 heteroatoms. The van der Waals surface area contributed by atoms with Crippen LogP contribution in [-0.2, 0) is 10.0 Å². The molecule has 0 aromatic heterocycles. The van der Waals surface area contributed by atoms with Crippen molar-refractivity contribution in [1.29, 1.82) is 0 Å². The summed E-state index contributed by atoms with van der Waals surface area (Å²) >= 11 is 0. The van der Waals surface area contributed by atoms with E-state index in [2.05, 4.69) is 13.8 Å². The van der Waals surface area contributed by atoms with Crippen molar-refractivity contribution in [2.24, 2.45) is 0 Å². The third-order valence-electron chi connectivity index (χ3n) is 6.98. The molecular formula is C30H50N2O2S. The fourth-order valence-electron chi connectivity index (χ4n) is 4.86. The van der Waals surface area contributed by atoms with Crippen molar-refractivity contribution < 1.29 is 8.42 Å². The molecule has 2 rings (SSSR count). The third kappa shape index (κ3) is 9.42. The minimum Gasteiger partial charge on any atom is -0.377 e. The standard InChI is InChI=1S/C30H50N2O2S/c1-5-7-9-11-12-13-14-15-16-18-26-32(25-17-10-8-6-2)35(33,34)30-24-20-21-27-28(30)22-19-23-29(27)31(3)4/h19-24H,5-18,25-26H2,1-4H3. The lowest BCUT2D eigenvalue weighted by Crippen LogP contribution is -2.33. The highest BCUT2D eigenvalue weighted by atomic mass is 32.2. The van der Waals surface area contributed by atoms with Gasteiger partial charge in [0.1, 0.15) is 0 Å². The van der Waals surface area contributed by atoms with Gasteiger partial charge in [0.25, 0.3) is 0 Å². The van der Waals surface area contributed by atoms with E-state index in [0.717, 1.165) is 55.0 Å². The zero-order chi connectivity index (χ0) is 25.5. The molecule has 0 saturated heterocycles. The maximum Gasteiger partial charge on any atom is 0.243 e. The van der Waals surface area contributed by atoms with Gasteiger partial charge in [-0.2, -0.15) is 4.31 Å². The van der Waals surface area contributed by atoms with Gasteiger partial charge in [-0.05, 0) is 25.0 Å². The fraction of sp³-hybridized carbons (Fsp3) is 0.667. The van der Waals surface area contributed by atoms with Crippen LogP contribution in [0.4, 0.5) is 5.69 Å². The van der Waals surface area contributed by atoms with Crippen LogP contribution in [0.25, 0.3) is 10.8 Å². The summed E-state index contributed by atoms with van der Waals surface area (Å²) in [4.78, 5) is 2.49. The van der Waals surface area contributed by atoms with E-state index in [0.29, 0.717) is 18.0 Å². The average molecular weight is 503 g/mol. The zero-order valence-electron chi connectivity index (χ0n) is 22.9. The molecular weight excluding hydrogens is 452 g/mol. The molecule has 0 aliphatic carbocycles. The molecule has 2 aromatic rings. The van der Waals surface area contributed by atoms with Gasteiger partial charge in [-0.25, -0.2) is 8.42 Å². The summed E-state index contributed by atoms with van der Waals surface area (Å²) in [6, 6.07) is 11.7. The smallest absolute Gasteiger partial charge is 0.243 e. The molecule has 0 atom stereocenters. The number of rotatable bonds is 19. The van der Waals surface area contributed by atoms with Crippen molar-refractivity contribution in [2.45, 2.75) is 109 Å². The first kappa shape index (κ1) is 29.6. The summed E-state index contributed by atoms with van der Waals surface area (Å²) in [6.07, 6.45) is 16.9. The Bertz CT molecular complexity index is 956. The van der Waals surface area contributed by atoms with Crippen LogP contribution in [0.3, 0.4) is 0 Å². The lowest BCUT2D eigenvalue weighted by atomic mass is 10.1. The maximum absolute atomic E-state index is 13.9. The molecule has 2 aromatic carbocycles. The minimum absolute atomic E-state index is 0.446. The summed E-state index contributed by atoms with van der Waals surface area (Å²) in [5, 5.41) is 1.81. The molecule has 0 fully saturated rings. The van der Waals surface area contributed by atoms with Gasteiger partial charge in [-0.15, -0.1) is 0 Å². The Hall–Kier alpha value is -1.59. The topological polar surface area (TPSA) is 40.6 Å². The van der Waals surface area contributed by atoms with E-state index in [1.165, 1.54) is 51.4 Å². The molecule has 0 unspecified atom stereocenters. The second kappa shape index (κ2) is 16.2. The molecule has 4 nitrogen and oxygen atoms in total. The van der Waals surface area contributed by atoms with Gasteiger partial charge in [0.15, 0.2) is 0 Å². The fourth-order valence-corrected chi connectivity index (χ4v) is 6.58. The predicted molar refractivity (Wildman–Crippen MR) is 153 cm³/mol.